The van der Waals surface area contributed by atoms with E-state index in [1.165, 1.54) is 11.2 Å². The van der Waals surface area contributed by atoms with Crippen LogP contribution in [0.5, 0.6) is 0 Å². The molecule has 1 aliphatic rings. The molecule has 2 aromatic rings. The van der Waals surface area contributed by atoms with Gasteiger partial charge in [-0.05, 0) is 19.1 Å². The first-order valence-corrected chi connectivity index (χ1v) is 5.92. The summed E-state index contributed by atoms with van der Waals surface area (Å²) in [5.41, 5.74) is 0.892. The summed E-state index contributed by atoms with van der Waals surface area (Å²) in [7, 11) is 1.73. The van der Waals surface area contributed by atoms with Crippen molar-refractivity contribution < 1.29 is 9.59 Å². The molecule has 1 aliphatic heterocycles. The number of nitrogens with zero attached hydrogens (tertiary/aromatic N) is 4. The Kier molecular flexibility index (Phi) is 2.45. The average molecular weight is 256 g/mol. The molecule has 2 amide bonds. The lowest BCUT2D eigenvalue weighted by atomic mass is 10.1. The van der Waals surface area contributed by atoms with E-state index in [9.17, 15) is 9.59 Å². The number of fused-ring (bicyclic) bond motifs is 1. The highest BCUT2D eigenvalue weighted by Crippen LogP contribution is 2.29. The van der Waals surface area contributed by atoms with Crippen molar-refractivity contribution in [2.75, 3.05) is 0 Å². The molecule has 0 radical (unpaired) electrons. The van der Waals surface area contributed by atoms with Crippen LogP contribution in [-0.4, -0.2) is 31.5 Å². The Morgan fingerprint density at radius 3 is 2.16 bits per heavy atom. The van der Waals surface area contributed by atoms with Crippen LogP contribution < -0.4 is 0 Å². The highest BCUT2D eigenvalue weighted by Gasteiger charge is 2.39. The number of hydrogen-bond donors (Lipinski definition) is 0. The topological polar surface area (TPSA) is 68.1 Å². The Balaban J connectivity index is 2.03. The molecule has 6 nitrogen and oxygen atoms in total. The number of aromatic nitrogens is 3. The van der Waals surface area contributed by atoms with Crippen molar-refractivity contribution in [1.29, 1.82) is 0 Å². The molecule has 6 heteroatoms. The minimum absolute atomic E-state index is 0.281. The van der Waals surface area contributed by atoms with Crippen LogP contribution in [0.15, 0.2) is 30.6 Å². The number of amides is 2. The normalized spacial score (nSPS) is 15.8. The molecule has 2 heterocycles. The molecular formula is C13H12N4O2. The first kappa shape index (κ1) is 11.6. The van der Waals surface area contributed by atoms with Crippen molar-refractivity contribution in [1.82, 2.24) is 19.7 Å². The van der Waals surface area contributed by atoms with E-state index in [1.807, 2.05) is 0 Å². The molecule has 1 aromatic carbocycles. The largest absolute Gasteiger partial charge is 0.269 e. The maximum atomic E-state index is 12.3. The summed E-state index contributed by atoms with van der Waals surface area (Å²) >= 11 is 0. The molecule has 3 rings (SSSR count). The molecule has 1 unspecified atom stereocenters. The van der Waals surface area contributed by atoms with Gasteiger partial charge in [-0.1, -0.05) is 12.1 Å². The fourth-order valence-electron chi connectivity index (χ4n) is 2.36. The predicted molar refractivity (Wildman–Crippen MR) is 66.4 cm³/mol. The number of hydrogen-bond acceptors (Lipinski definition) is 4. The smallest absolute Gasteiger partial charge is 0.262 e. The van der Waals surface area contributed by atoms with E-state index >= 15 is 0 Å². The molecule has 96 valence electrons. The first-order valence-electron chi connectivity index (χ1n) is 5.92. The zero-order valence-electron chi connectivity index (χ0n) is 10.6. The van der Waals surface area contributed by atoms with Crippen LogP contribution in [0.3, 0.4) is 0 Å². The highest BCUT2D eigenvalue weighted by molar-refractivity contribution is 6.21. The molecule has 1 aromatic heterocycles. The van der Waals surface area contributed by atoms with Gasteiger partial charge in [0.1, 0.15) is 12.2 Å². The summed E-state index contributed by atoms with van der Waals surface area (Å²) in [6, 6.07) is 6.39. The van der Waals surface area contributed by atoms with Gasteiger partial charge < -0.3 is 0 Å². The van der Waals surface area contributed by atoms with Gasteiger partial charge in [0.2, 0.25) is 0 Å². The summed E-state index contributed by atoms with van der Waals surface area (Å²) in [4.78, 5) is 29.9. The van der Waals surface area contributed by atoms with Crippen LogP contribution >= 0.6 is 0 Å². The predicted octanol–water partition coefficient (Wildman–Crippen LogP) is 1.17. The standard InChI is InChI=1S/C13H12N4O2/c1-8(11-14-7-15-16(11)2)17-12(18)9-5-3-4-6-10(9)13(17)19/h3-8H,1-2H3. The number of carbonyl (C=O) groups is 2. The van der Waals surface area contributed by atoms with Gasteiger partial charge >= 0.3 is 0 Å². The number of aryl methyl sites for hydroxylation is 1. The highest BCUT2D eigenvalue weighted by atomic mass is 16.2. The average Bonchev–Trinajstić information content (AvgIpc) is 2.94. The van der Waals surface area contributed by atoms with Crippen LogP contribution in [0.1, 0.15) is 39.5 Å². The third-order valence-electron chi connectivity index (χ3n) is 3.33. The summed E-state index contributed by atoms with van der Waals surface area (Å²) < 4.78 is 1.56. The van der Waals surface area contributed by atoms with E-state index in [0.717, 1.165) is 0 Å². The lowest BCUT2D eigenvalue weighted by Gasteiger charge is -2.21. The Morgan fingerprint density at radius 2 is 1.68 bits per heavy atom. The number of carbonyl (C=O) groups excluding carboxylic acids is 2. The molecule has 0 N–H and O–H groups in total. The molecule has 0 bridgehead atoms. The second kappa shape index (κ2) is 4.01. The molecule has 0 fully saturated rings. The van der Waals surface area contributed by atoms with Crippen LogP contribution in [0.2, 0.25) is 0 Å². The molecular weight excluding hydrogens is 244 g/mol. The maximum absolute atomic E-state index is 12.3. The monoisotopic (exact) mass is 256 g/mol. The molecule has 0 saturated heterocycles. The van der Waals surface area contributed by atoms with Crippen molar-refractivity contribution in [3.8, 4) is 0 Å². The van der Waals surface area contributed by atoms with Gasteiger partial charge in [0.25, 0.3) is 11.8 Å². The lowest BCUT2D eigenvalue weighted by molar-refractivity contribution is 0.0586. The Bertz CT molecular complexity index is 642. The second-order valence-corrected chi connectivity index (χ2v) is 4.44. The van der Waals surface area contributed by atoms with E-state index in [4.69, 9.17) is 0 Å². The van der Waals surface area contributed by atoms with E-state index in [1.54, 1.807) is 42.9 Å². The summed E-state index contributed by atoms with van der Waals surface area (Å²) in [5.74, 6) is 0.0155. The lowest BCUT2D eigenvalue weighted by Crippen LogP contribution is -2.34. The summed E-state index contributed by atoms with van der Waals surface area (Å²) in [6.45, 7) is 1.77. The SMILES string of the molecule is CC(c1ncnn1C)N1C(=O)c2ccccc2C1=O. The Hall–Kier alpha value is -2.50. The van der Waals surface area contributed by atoms with Crippen molar-refractivity contribution in [2.24, 2.45) is 7.05 Å². The molecule has 0 aliphatic carbocycles. The van der Waals surface area contributed by atoms with Gasteiger partial charge in [-0.25, -0.2) is 4.98 Å². The Labute approximate surface area is 109 Å². The fourth-order valence-corrected chi connectivity index (χ4v) is 2.36. The van der Waals surface area contributed by atoms with Crippen molar-refractivity contribution in [3.63, 3.8) is 0 Å². The summed E-state index contributed by atoms with van der Waals surface area (Å²) in [5, 5.41) is 3.96. The molecule has 0 saturated carbocycles. The first-order chi connectivity index (χ1) is 9.11. The third kappa shape index (κ3) is 1.56. The third-order valence-corrected chi connectivity index (χ3v) is 3.33. The fraction of sp³-hybridized carbons (Fsp3) is 0.231. The van der Waals surface area contributed by atoms with Crippen LogP contribution in [0.25, 0.3) is 0 Å². The van der Waals surface area contributed by atoms with Gasteiger partial charge in [0, 0.05) is 7.05 Å². The zero-order chi connectivity index (χ0) is 13.6. The van der Waals surface area contributed by atoms with E-state index in [-0.39, 0.29) is 11.8 Å². The van der Waals surface area contributed by atoms with Gasteiger partial charge in [-0.2, -0.15) is 5.10 Å². The van der Waals surface area contributed by atoms with Crippen LogP contribution in [0.4, 0.5) is 0 Å². The summed E-state index contributed by atoms with van der Waals surface area (Å²) in [6.07, 6.45) is 1.41. The second-order valence-electron chi connectivity index (χ2n) is 4.44. The van der Waals surface area contributed by atoms with Crippen molar-refractivity contribution >= 4 is 11.8 Å². The molecule has 19 heavy (non-hydrogen) atoms. The van der Waals surface area contributed by atoms with Crippen LogP contribution in [-0.2, 0) is 7.05 Å². The minimum Gasteiger partial charge on any atom is -0.269 e. The maximum Gasteiger partial charge on any atom is 0.262 e. The number of rotatable bonds is 2. The van der Waals surface area contributed by atoms with Crippen molar-refractivity contribution in [2.45, 2.75) is 13.0 Å². The molecule has 0 spiro atoms. The van der Waals surface area contributed by atoms with Gasteiger partial charge in [-0.3, -0.25) is 19.2 Å². The van der Waals surface area contributed by atoms with Crippen LogP contribution in [0, 0.1) is 0 Å². The quantitative estimate of drug-likeness (QED) is 0.756. The zero-order valence-corrected chi connectivity index (χ0v) is 10.6. The number of imide groups is 1. The Morgan fingerprint density at radius 1 is 1.11 bits per heavy atom. The molecule has 1 atom stereocenters. The van der Waals surface area contributed by atoms with Gasteiger partial charge in [0.15, 0.2) is 0 Å². The number of benzene rings is 1. The van der Waals surface area contributed by atoms with Crippen molar-refractivity contribution in [3.05, 3.63) is 47.5 Å². The van der Waals surface area contributed by atoms with E-state index in [0.29, 0.717) is 17.0 Å². The van der Waals surface area contributed by atoms with E-state index < -0.39 is 6.04 Å². The van der Waals surface area contributed by atoms with Gasteiger partial charge in [0.05, 0.1) is 17.2 Å². The van der Waals surface area contributed by atoms with E-state index in [2.05, 4.69) is 10.1 Å². The minimum atomic E-state index is -0.445. The van der Waals surface area contributed by atoms with Gasteiger partial charge in [-0.15, -0.1) is 0 Å².